The number of fused-ring (bicyclic) bond motifs is 1. The van der Waals surface area contributed by atoms with Crippen molar-refractivity contribution in [2.24, 2.45) is 0 Å². The number of nitrogens with one attached hydrogen (secondary N) is 1. The molecule has 0 fully saturated rings. The number of benzene rings is 2. The predicted molar refractivity (Wildman–Crippen MR) is 95.2 cm³/mol. The van der Waals surface area contributed by atoms with Gasteiger partial charge in [0.2, 0.25) is 0 Å². The van der Waals surface area contributed by atoms with E-state index in [-0.39, 0.29) is 12.4 Å². The Morgan fingerprint density at radius 1 is 1.21 bits per heavy atom. The van der Waals surface area contributed by atoms with Gasteiger partial charge in [-0.3, -0.25) is 0 Å². The Kier molecular flexibility index (Phi) is 5.98. The summed E-state index contributed by atoms with van der Waals surface area (Å²) in [6.45, 7) is 0.346. The number of carbonyl (C=O) groups excluding carboxylic acids is 1. The lowest BCUT2D eigenvalue weighted by Crippen LogP contribution is -1.97. The Morgan fingerprint density at radius 2 is 2.04 bits per heavy atom. The molecular formula is C18H17ClN2O3. The van der Waals surface area contributed by atoms with Gasteiger partial charge in [0.05, 0.1) is 18.1 Å². The fourth-order valence-electron chi connectivity index (χ4n) is 2.17. The minimum absolute atomic E-state index is 0. The van der Waals surface area contributed by atoms with Gasteiger partial charge in [-0.2, -0.15) is 0 Å². The first-order chi connectivity index (χ1) is 11.2. The molecule has 0 bridgehead atoms. The molecule has 0 saturated carbocycles. The molecular weight excluding hydrogens is 328 g/mol. The van der Waals surface area contributed by atoms with Crippen LogP contribution in [0.25, 0.3) is 17.1 Å². The molecule has 24 heavy (non-hydrogen) atoms. The highest BCUT2D eigenvalue weighted by molar-refractivity contribution is 5.87. The Balaban J connectivity index is 0.00000208. The topological polar surface area (TPSA) is 64.2 Å². The number of halogens is 1. The van der Waals surface area contributed by atoms with E-state index in [2.05, 4.69) is 14.7 Å². The molecule has 2 aromatic carbocycles. The van der Waals surface area contributed by atoms with E-state index in [0.717, 1.165) is 22.4 Å². The van der Waals surface area contributed by atoms with Gasteiger partial charge in [0, 0.05) is 6.08 Å². The number of H-pyrrole nitrogens is 1. The molecule has 1 N–H and O–H groups in total. The van der Waals surface area contributed by atoms with E-state index in [1.807, 2.05) is 48.5 Å². The molecule has 0 amide bonds. The number of hydrogen-bond acceptors (Lipinski definition) is 4. The third-order valence-corrected chi connectivity index (χ3v) is 3.29. The molecule has 3 rings (SSSR count). The maximum absolute atomic E-state index is 11.1. The molecule has 0 unspecified atom stereocenters. The number of nitrogens with zero attached hydrogens (tertiary/aromatic N) is 1. The molecule has 0 aliphatic rings. The zero-order valence-corrected chi connectivity index (χ0v) is 13.9. The second-order valence-electron chi connectivity index (χ2n) is 4.92. The first-order valence-corrected chi connectivity index (χ1v) is 7.17. The zero-order valence-electron chi connectivity index (χ0n) is 13.1. The van der Waals surface area contributed by atoms with Crippen LogP contribution in [0, 0.1) is 0 Å². The number of hydrogen-bond donors (Lipinski definition) is 1. The third kappa shape index (κ3) is 4.36. The van der Waals surface area contributed by atoms with Gasteiger partial charge in [0.15, 0.2) is 0 Å². The summed E-state index contributed by atoms with van der Waals surface area (Å²) >= 11 is 0. The summed E-state index contributed by atoms with van der Waals surface area (Å²) in [5.74, 6) is 1.08. The molecule has 3 aromatic rings. The van der Waals surface area contributed by atoms with E-state index in [1.54, 1.807) is 6.08 Å². The summed E-state index contributed by atoms with van der Waals surface area (Å²) in [5.41, 5.74) is 2.76. The normalized spacial score (nSPS) is 10.5. The Morgan fingerprint density at radius 3 is 2.83 bits per heavy atom. The monoisotopic (exact) mass is 344 g/mol. The van der Waals surface area contributed by atoms with Crippen molar-refractivity contribution in [1.82, 2.24) is 9.97 Å². The highest BCUT2D eigenvalue weighted by Gasteiger charge is 2.03. The van der Waals surface area contributed by atoms with E-state index in [1.165, 1.54) is 13.2 Å². The van der Waals surface area contributed by atoms with Crippen molar-refractivity contribution in [1.29, 1.82) is 0 Å². The van der Waals surface area contributed by atoms with E-state index < -0.39 is 5.97 Å². The van der Waals surface area contributed by atoms with Gasteiger partial charge in [-0.15, -0.1) is 12.4 Å². The van der Waals surface area contributed by atoms with Crippen molar-refractivity contribution < 1.29 is 14.3 Å². The van der Waals surface area contributed by atoms with Crippen LogP contribution in [0.5, 0.6) is 5.75 Å². The molecule has 0 aliphatic heterocycles. The molecule has 0 aliphatic carbocycles. The summed E-state index contributed by atoms with van der Waals surface area (Å²) < 4.78 is 10.3. The summed E-state index contributed by atoms with van der Waals surface area (Å²) in [6.07, 6.45) is 3.05. The summed E-state index contributed by atoms with van der Waals surface area (Å²) in [4.78, 5) is 18.8. The van der Waals surface area contributed by atoms with Crippen molar-refractivity contribution >= 4 is 35.5 Å². The largest absolute Gasteiger partial charge is 0.486 e. The average molecular weight is 345 g/mol. The van der Waals surface area contributed by atoms with Crippen molar-refractivity contribution in [3.8, 4) is 5.75 Å². The van der Waals surface area contributed by atoms with Gasteiger partial charge in [0.1, 0.15) is 18.2 Å². The first kappa shape index (κ1) is 17.6. The standard InChI is InChI=1S/C18H16N2O3.ClH/c1-22-18(21)10-9-13-5-4-6-14(11-13)23-12-17-19-15-7-2-3-8-16(15)20-17;/h2-11H,12H2,1H3,(H,19,20);1H/b10-9+;. The van der Waals surface area contributed by atoms with Gasteiger partial charge in [-0.05, 0) is 35.9 Å². The molecule has 0 atom stereocenters. The van der Waals surface area contributed by atoms with Crippen molar-refractivity contribution in [3.05, 3.63) is 66.0 Å². The number of aromatic nitrogens is 2. The van der Waals surface area contributed by atoms with Crippen molar-refractivity contribution in [2.45, 2.75) is 6.61 Å². The second kappa shape index (κ2) is 8.17. The minimum Gasteiger partial charge on any atom is -0.486 e. The van der Waals surface area contributed by atoms with Crippen LogP contribution in [0.1, 0.15) is 11.4 Å². The predicted octanol–water partition coefficient (Wildman–Crippen LogP) is 3.75. The fraction of sp³-hybridized carbons (Fsp3) is 0.111. The number of para-hydroxylation sites is 2. The molecule has 0 spiro atoms. The lowest BCUT2D eigenvalue weighted by atomic mass is 10.2. The number of ether oxygens (including phenoxy) is 2. The molecule has 1 heterocycles. The SMILES string of the molecule is COC(=O)/C=C/c1cccc(OCc2nc3ccccc3[nH]2)c1.Cl. The van der Waals surface area contributed by atoms with Gasteiger partial charge in [0.25, 0.3) is 0 Å². The molecule has 5 nitrogen and oxygen atoms in total. The second-order valence-corrected chi connectivity index (χ2v) is 4.92. The smallest absolute Gasteiger partial charge is 0.330 e. The molecule has 1 aromatic heterocycles. The highest BCUT2D eigenvalue weighted by Crippen LogP contribution is 2.17. The van der Waals surface area contributed by atoms with Crippen LogP contribution in [0.4, 0.5) is 0 Å². The first-order valence-electron chi connectivity index (χ1n) is 7.17. The van der Waals surface area contributed by atoms with Crippen LogP contribution in [0.3, 0.4) is 0 Å². The van der Waals surface area contributed by atoms with E-state index in [9.17, 15) is 4.79 Å². The van der Waals surface area contributed by atoms with Gasteiger partial charge in [-0.25, -0.2) is 9.78 Å². The maximum atomic E-state index is 11.1. The average Bonchev–Trinajstić information content (AvgIpc) is 3.01. The molecule has 0 saturated heterocycles. The van der Waals surface area contributed by atoms with Crippen LogP contribution in [-0.4, -0.2) is 23.0 Å². The van der Waals surface area contributed by atoms with Crippen LogP contribution < -0.4 is 4.74 Å². The molecule has 6 heteroatoms. The van der Waals surface area contributed by atoms with Gasteiger partial charge >= 0.3 is 5.97 Å². The third-order valence-electron chi connectivity index (χ3n) is 3.29. The fourth-order valence-corrected chi connectivity index (χ4v) is 2.17. The maximum Gasteiger partial charge on any atom is 0.330 e. The quantitative estimate of drug-likeness (QED) is 0.565. The minimum atomic E-state index is -0.390. The summed E-state index contributed by atoms with van der Waals surface area (Å²) in [7, 11) is 1.35. The van der Waals surface area contributed by atoms with Crippen molar-refractivity contribution in [2.75, 3.05) is 7.11 Å². The Labute approximate surface area is 145 Å². The lowest BCUT2D eigenvalue weighted by Gasteiger charge is -2.04. The highest BCUT2D eigenvalue weighted by atomic mass is 35.5. The Hall–Kier alpha value is -2.79. The van der Waals surface area contributed by atoms with E-state index in [4.69, 9.17) is 4.74 Å². The van der Waals surface area contributed by atoms with Gasteiger partial charge < -0.3 is 14.5 Å². The van der Waals surface area contributed by atoms with Crippen LogP contribution >= 0.6 is 12.4 Å². The van der Waals surface area contributed by atoms with Gasteiger partial charge in [-0.1, -0.05) is 24.3 Å². The van der Waals surface area contributed by atoms with E-state index in [0.29, 0.717) is 12.4 Å². The molecule has 0 radical (unpaired) electrons. The molecule has 124 valence electrons. The Bertz CT molecular complexity index is 825. The number of aromatic amines is 1. The van der Waals surface area contributed by atoms with E-state index >= 15 is 0 Å². The van der Waals surface area contributed by atoms with Crippen LogP contribution in [-0.2, 0) is 16.1 Å². The lowest BCUT2D eigenvalue weighted by molar-refractivity contribution is -0.134. The van der Waals surface area contributed by atoms with Crippen LogP contribution in [0.2, 0.25) is 0 Å². The van der Waals surface area contributed by atoms with Crippen LogP contribution in [0.15, 0.2) is 54.6 Å². The number of rotatable bonds is 5. The summed E-state index contributed by atoms with van der Waals surface area (Å²) in [6, 6.07) is 15.3. The van der Waals surface area contributed by atoms with Crippen molar-refractivity contribution in [3.63, 3.8) is 0 Å². The number of esters is 1. The summed E-state index contributed by atoms with van der Waals surface area (Å²) in [5, 5.41) is 0. The number of carbonyl (C=O) groups is 1. The number of methoxy groups -OCH3 is 1. The number of imidazole rings is 1. The zero-order chi connectivity index (χ0) is 16.1.